The van der Waals surface area contributed by atoms with Crippen LogP contribution >= 0.6 is 12.2 Å². The molecule has 2 saturated heterocycles. The van der Waals surface area contributed by atoms with Crippen LogP contribution in [0.1, 0.15) is 18.4 Å². The van der Waals surface area contributed by atoms with Crippen LogP contribution in [0.4, 0.5) is 0 Å². The molecule has 0 radical (unpaired) electrons. The molecule has 1 N–H and O–H groups in total. The van der Waals surface area contributed by atoms with Crippen LogP contribution in [0.5, 0.6) is 11.5 Å². The second-order valence-electron chi connectivity index (χ2n) is 6.99. The summed E-state index contributed by atoms with van der Waals surface area (Å²) in [6.07, 6.45) is 2.41. The van der Waals surface area contributed by atoms with E-state index in [2.05, 4.69) is 10.2 Å². The minimum Gasteiger partial charge on any atom is -0.493 e. The van der Waals surface area contributed by atoms with Crippen molar-refractivity contribution in [1.29, 1.82) is 0 Å². The second kappa shape index (κ2) is 9.93. The minimum absolute atomic E-state index is 0.129. The molecule has 0 aromatic heterocycles. The zero-order valence-electron chi connectivity index (χ0n) is 16.6. The molecule has 1 amide bonds. The maximum atomic E-state index is 12.4. The first-order valence-electron chi connectivity index (χ1n) is 9.76. The van der Waals surface area contributed by atoms with Crippen molar-refractivity contribution < 1.29 is 19.0 Å². The van der Waals surface area contributed by atoms with Gasteiger partial charge in [0.25, 0.3) is 5.91 Å². The Morgan fingerprint density at radius 3 is 2.54 bits per heavy atom. The van der Waals surface area contributed by atoms with Crippen LogP contribution in [0.25, 0.3) is 0 Å². The number of thiocarbonyl (C=S) groups is 1. The number of carbonyl (C=O) groups excluding carboxylic acids is 1. The largest absolute Gasteiger partial charge is 0.493 e. The first-order valence-corrected chi connectivity index (χ1v) is 10.2. The van der Waals surface area contributed by atoms with E-state index in [0.29, 0.717) is 19.7 Å². The number of nitrogens with zero attached hydrogens (tertiary/aromatic N) is 2. The van der Waals surface area contributed by atoms with Gasteiger partial charge in [0.2, 0.25) is 0 Å². The topological polar surface area (TPSA) is 63.3 Å². The van der Waals surface area contributed by atoms with Gasteiger partial charge in [-0.2, -0.15) is 0 Å². The van der Waals surface area contributed by atoms with Gasteiger partial charge in [-0.05, 0) is 49.2 Å². The highest BCUT2D eigenvalue weighted by atomic mass is 32.1. The summed E-state index contributed by atoms with van der Waals surface area (Å²) in [5.41, 5.74) is 1.15. The van der Waals surface area contributed by atoms with Crippen LogP contribution in [0.2, 0.25) is 0 Å². The SMILES string of the molecule is COc1ccc(CCNC(=S)N2CCN(C(=O)[C@@H]3CCCO3)CC2)cc1OC. The van der Waals surface area contributed by atoms with Crippen molar-refractivity contribution >= 4 is 23.2 Å². The van der Waals surface area contributed by atoms with Crippen LogP contribution in [0, 0.1) is 0 Å². The fraction of sp³-hybridized carbons (Fsp3) is 0.600. The van der Waals surface area contributed by atoms with E-state index in [1.165, 1.54) is 0 Å². The first-order chi connectivity index (χ1) is 13.6. The minimum atomic E-state index is -0.238. The fourth-order valence-electron chi connectivity index (χ4n) is 3.57. The van der Waals surface area contributed by atoms with E-state index in [1.807, 2.05) is 23.1 Å². The van der Waals surface area contributed by atoms with E-state index in [4.69, 9.17) is 26.4 Å². The number of carbonyl (C=O) groups is 1. The lowest BCUT2D eigenvalue weighted by atomic mass is 10.1. The van der Waals surface area contributed by atoms with Crippen LogP contribution < -0.4 is 14.8 Å². The highest BCUT2D eigenvalue weighted by molar-refractivity contribution is 7.80. The van der Waals surface area contributed by atoms with Crippen molar-refractivity contribution in [1.82, 2.24) is 15.1 Å². The molecule has 2 aliphatic heterocycles. The van der Waals surface area contributed by atoms with Crippen molar-refractivity contribution in [2.45, 2.75) is 25.4 Å². The summed E-state index contributed by atoms with van der Waals surface area (Å²) in [6, 6.07) is 5.93. The van der Waals surface area contributed by atoms with Crippen molar-refractivity contribution in [2.24, 2.45) is 0 Å². The van der Waals surface area contributed by atoms with Gasteiger partial charge in [0.15, 0.2) is 16.6 Å². The molecule has 2 heterocycles. The third kappa shape index (κ3) is 5.05. The molecule has 2 aliphatic rings. The van der Waals surface area contributed by atoms with Gasteiger partial charge in [-0.25, -0.2) is 0 Å². The molecule has 2 fully saturated rings. The Labute approximate surface area is 171 Å². The lowest BCUT2D eigenvalue weighted by molar-refractivity contribution is -0.142. The highest BCUT2D eigenvalue weighted by Crippen LogP contribution is 2.27. The molecule has 28 heavy (non-hydrogen) atoms. The summed E-state index contributed by atoms with van der Waals surface area (Å²) < 4.78 is 16.1. The molecule has 0 saturated carbocycles. The number of nitrogens with one attached hydrogen (secondary N) is 1. The molecule has 8 heteroatoms. The van der Waals surface area contributed by atoms with Gasteiger partial charge in [-0.15, -0.1) is 0 Å². The fourth-order valence-corrected chi connectivity index (χ4v) is 3.85. The van der Waals surface area contributed by atoms with E-state index in [0.717, 1.165) is 61.1 Å². The van der Waals surface area contributed by atoms with E-state index < -0.39 is 0 Å². The van der Waals surface area contributed by atoms with E-state index in [9.17, 15) is 4.79 Å². The number of rotatable bonds is 6. The van der Waals surface area contributed by atoms with Crippen molar-refractivity contribution in [3.8, 4) is 11.5 Å². The number of hydrogen-bond donors (Lipinski definition) is 1. The summed E-state index contributed by atoms with van der Waals surface area (Å²) in [4.78, 5) is 16.4. The normalized spacial score (nSPS) is 19.4. The molecule has 7 nitrogen and oxygen atoms in total. The Morgan fingerprint density at radius 1 is 1.18 bits per heavy atom. The molecule has 3 rings (SSSR count). The number of piperazine rings is 1. The predicted molar refractivity (Wildman–Crippen MR) is 111 cm³/mol. The molecule has 154 valence electrons. The van der Waals surface area contributed by atoms with Crippen LogP contribution in [-0.2, 0) is 16.0 Å². The summed E-state index contributed by atoms with van der Waals surface area (Å²) in [6.45, 7) is 4.32. The lowest BCUT2D eigenvalue weighted by Crippen LogP contribution is -2.54. The smallest absolute Gasteiger partial charge is 0.251 e. The molecule has 0 spiro atoms. The number of amides is 1. The molecular weight excluding hydrogens is 378 g/mol. The van der Waals surface area contributed by atoms with E-state index in [1.54, 1.807) is 14.2 Å². The maximum absolute atomic E-state index is 12.4. The van der Waals surface area contributed by atoms with E-state index in [-0.39, 0.29) is 12.0 Å². The molecule has 1 aromatic carbocycles. The molecule has 0 bridgehead atoms. The highest BCUT2D eigenvalue weighted by Gasteiger charge is 2.30. The number of methoxy groups -OCH3 is 2. The standard InChI is InChI=1S/C20H29N3O4S/c1-25-16-6-5-15(14-18(16)26-2)7-8-21-20(28)23-11-9-22(10-12-23)19(24)17-4-3-13-27-17/h5-6,14,17H,3-4,7-13H2,1-2H3,(H,21,28)/t17-/m0/s1. The number of hydrogen-bond acceptors (Lipinski definition) is 5. The van der Waals surface area contributed by atoms with Crippen LogP contribution in [0.3, 0.4) is 0 Å². The Kier molecular flexibility index (Phi) is 7.33. The second-order valence-corrected chi connectivity index (χ2v) is 7.37. The monoisotopic (exact) mass is 407 g/mol. The van der Waals surface area contributed by atoms with Gasteiger partial charge in [0.1, 0.15) is 6.10 Å². The average Bonchev–Trinajstić information content (AvgIpc) is 3.28. The third-order valence-electron chi connectivity index (χ3n) is 5.22. The quantitative estimate of drug-likeness (QED) is 0.716. The average molecular weight is 408 g/mol. The van der Waals surface area contributed by atoms with Crippen LogP contribution in [0.15, 0.2) is 18.2 Å². The lowest BCUT2D eigenvalue weighted by Gasteiger charge is -2.37. The third-order valence-corrected chi connectivity index (χ3v) is 5.62. The Morgan fingerprint density at radius 2 is 1.89 bits per heavy atom. The van der Waals surface area contributed by atoms with Gasteiger partial charge in [-0.1, -0.05) is 6.07 Å². The number of benzene rings is 1. The van der Waals surface area contributed by atoms with E-state index >= 15 is 0 Å². The predicted octanol–water partition coefficient (Wildman–Crippen LogP) is 1.44. The summed E-state index contributed by atoms with van der Waals surface area (Å²) in [5, 5.41) is 4.06. The molecule has 0 aliphatic carbocycles. The Bertz CT molecular complexity index is 686. The summed E-state index contributed by atoms with van der Waals surface area (Å²) in [5.74, 6) is 1.59. The molecule has 1 atom stereocenters. The Balaban J connectivity index is 1.40. The Hall–Kier alpha value is -2.06. The van der Waals surface area contributed by atoms with Gasteiger partial charge < -0.3 is 29.3 Å². The van der Waals surface area contributed by atoms with Gasteiger partial charge in [0, 0.05) is 39.3 Å². The first kappa shape index (κ1) is 20.7. The van der Waals surface area contributed by atoms with Crippen molar-refractivity contribution in [2.75, 3.05) is 53.6 Å². The molecule has 0 unspecified atom stereocenters. The zero-order valence-corrected chi connectivity index (χ0v) is 17.4. The van der Waals surface area contributed by atoms with Gasteiger partial charge in [0.05, 0.1) is 14.2 Å². The van der Waals surface area contributed by atoms with Gasteiger partial charge in [-0.3, -0.25) is 4.79 Å². The number of ether oxygens (including phenoxy) is 3. The van der Waals surface area contributed by atoms with Crippen molar-refractivity contribution in [3.63, 3.8) is 0 Å². The molecular formula is C20H29N3O4S. The van der Waals surface area contributed by atoms with Crippen LogP contribution in [-0.4, -0.2) is 80.5 Å². The molecule has 1 aromatic rings. The van der Waals surface area contributed by atoms with Gasteiger partial charge >= 0.3 is 0 Å². The van der Waals surface area contributed by atoms with Crippen molar-refractivity contribution in [3.05, 3.63) is 23.8 Å². The zero-order chi connectivity index (χ0) is 19.9. The maximum Gasteiger partial charge on any atom is 0.251 e. The summed E-state index contributed by atoms with van der Waals surface area (Å²) in [7, 11) is 3.27. The summed E-state index contributed by atoms with van der Waals surface area (Å²) >= 11 is 5.53.